The fourth-order valence-corrected chi connectivity index (χ4v) is 2.24. The molecule has 1 saturated carbocycles. The second kappa shape index (κ2) is 4.24. The standard InChI is InChI=1S/C12H23N3O/c1-12(2,3)14-11(16)13-9-6-7-15(8-9)10-4-5-10/h9-10H,4-8H2,1-3H3,(H2,13,14,16). The van der Waals surface area contributed by atoms with Crippen LogP contribution in [0.5, 0.6) is 0 Å². The average molecular weight is 225 g/mol. The van der Waals surface area contributed by atoms with E-state index in [-0.39, 0.29) is 11.6 Å². The van der Waals surface area contributed by atoms with Gasteiger partial charge in [-0.1, -0.05) is 0 Å². The van der Waals surface area contributed by atoms with Crippen molar-refractivity contribution in [2.75, 3.05) is 13.1 Å². The lowest BCUT2D eigenvalue weighted by atomic mass is 10.1. The largest absolute Gasteiger partial charge is 0.334 e. The zero-order valence-corrected chi connectivity index (χ0v) is 10.5. The summed E-state index contributed by atoms with van der Waals surface area (Å²) in [5.41, 5.74) is -0.154. The number of urea groups is 1. The fraction of sp³-hybridized carbons (Fsp3) is 0.917. The number of hydrogen-bond acceptors (Lipinski definition) is 2. The molecule has 1 aliphatic carbocycles. The lowest BCUT2D eigenvalue weighted by molar-refractivity contribution is 0.227. The number of hydrogen-bond donors (Lipinski definition) is 2. The van der Waals surface area contributed by atoms with Gasteiger partial charge in [0, 0.05) is 30.7 Å². The van der Waals surface area contributed by atoms with Crippen LogP contribution in [0.25, 0.3) is 0 Å². The van der Waals surface area contributed by atoms with Gasteiger partial charge in [-0.15, -0.1) is 0 Å². The van der Waals surface area contributed by atoms with Crippen LogP contribution in [0.15, 0.2) is 0 Å². The first-order valence-electron chi connectivity index (χ1n) is 6.27. The van der Waals surface area contributed by atoms with Gasteiger partial charge in [-0.2, -0.15) is 0 Å². The summed E-state index contributed by atoms with van der Waals surface area (Å²) in [5, 5.41) is 5.99. The van der Waals surface area contributed by atoms with Crippen LogP contribution in [0.4, 0.5) is 4.79 Å². The van der Waals surface area contributed by atoms with E-state index in [1.54, 1.807) is 0 Å². The molecule has 0 radical (unpaired) electrons. The van der Waals surface area contributed by atoms with Crippen LogP contribution in [0.3, 0.4) is 0 Å². The minimum atomic E-state index is -0.154. The molecule has 0 aromatic carbocycles. The molecule has 0 aromatic rings. The third-order valence-electron chi connectivity index (χ3n) is 3.11. The van der Waals surface area contributed by atoms with Crippen LogP contribution in [-0.4, -0.2) is 41.6 Å². The monoisotopic (exact) mass is 225 g/mol. The van der Waals surface area contributed by atoms with Crippen molar-refractivity contribution in [2.45, 2.75) is 57.7 Å². The molecule has 16 heavy (non-hydrogen) atoms. The predicted molar refractivity (Wildman–Crippen MR) is 64.4 cm³/mol. The Labute approximate surface area is 97.8 Å². The number of amides is 2. The van der Waals surface area contributed by atoms with Gasteiger partial charge in [-0.3, -0.25) is 4.90 Å². The molecule has 1 aliphatic heterocycles. The zero-order valence-electron chi connectivity index (χ0n) is 10.5. The molecular weight excluding hydrogens is 202 g/mol. The summed E-state index contributed by atoms with van der Waals surface area (Å²) in [6.07, 6.45) is 3.79. The van der Waals surface area contributed by atoms with Crippen LogP contribution in [-0.2, 0) is 0 Å². The maximum atomic E-state index is 11.7. The van der Waals surface area contributed by atoms with Gasteiger partial charge in [-0.05, 0) is 40.0 Å². The highest BCUT2D eigenvalue weighted by Gasteiger charge is 2.34. The van der Waals surface area contributed by atoms with Crippen molar-refractivity contribution in [1.29, 1.82) is 0 Å². The third kappa shape index (κ3) is 3.37. The van der Waals surface area contributed by atoms with Gasteiger partial charge in [0.05, 0.1) is 0 Å². The predicted octanol–water partition coefficient (Wildman–Crippen LogP) is 1.32. The molecule has 1 unspecified atom stereocenters. The van der Waals surface area contributed by atoms with Crippen molar-refractivity contribution in [1.82, 2.24) is 15.5 Å². The van der Waals surface area contributed by atoms with Gasteiger partial charge in [0.15, 0.2) is 0 Å². The Morgan fingerprint density at radius 3 is 2.50 bits per heavy atom. The normalized spacial score (nSPS) is 26.8. The Hall–Kier alpha value is -0.770. The second-order valence-electron chi connectivity index (χ2n) is 6.06. The topological polar surface area (TPSA) is 44.4 Å². The van der Waals surface area contributed by atoms with Crippen molar-refractivity contribution >= 4 is 6.03 Å². The SMILES string of the molecule is CC(C)(C)NC(=O)NC1CCN(C2CC2)C1. The van der Waals surface area contributed by atoms with E-state index in [4.69, 9.17) is 0 Å². The van der Waals surface area contributed by atoms with Gasteiger partial charge >= 0.3 is 6.03 Å². The summed E-state index contributed by atoms with van der Waals surface area (Å²) in [4.78, 5) is 14.2. The molecule has 4 heteroatoms. The van der Waals surface area contributed by atoms with Gasteiger partial charge < -0.3 is 10.6 Å². The molecular formula is C12H23N3O. The molecule has 0 bridgehead atoms. The minimum absolute atomic E-state index is 0.0323. The Kier molecular flexibility index (Phi) is 3.10. The smallest absolute Gasteiger partial charge is 0.315 e. The molecule has 2 aliphatic rings. The Morgan fingerprint density at radius 2 is 1.94 bits per heavy atom. The lowest BCUT2D eigenvalue weighted by Gasteiger charge is -2.23. The summed E-state index contributed by atoms with van der Waals surface area (Å²) in [5.74, 6) is 0. The van der Waals surface area contributed by atoms with Crippen molar-refractivity contribution in [2.24, 2.45) is 0 Å². The molecule has 1 saturated heterocycles. The molecule has 2 N–H and O–H groups in total. The maximum absolute atomic E-state index is 11.7. The fourth-order valence-electron chi connectivity index (χ4n) is 2.24. The first kappa shape index (κ1) is 11.7. The molecule has 2 fully saturated rings. The van der Waals surface area contributed by atoms with E-state index >= 15 is 0 Å². The molecule has 2 amide bonds. The highest BCUT2D eigenvalue weighted by atomic mass is 16.2. The summed E-state index contributed by atoms with van der Waals surface area (Å²) >= 11 is 0. The van der Waals surface area contributed by atoms with Gasteiger partial charge in [0.1, 0.15) is 0 Å². The zero-order chi connectivity index (χ0) is 11.8. The molecule has 2 rings (SSSR count). The summed E-state index contributed by atoms with van der Waals surface area (Å²) in [6, 6.07) is 1.12. The number of carbonyl (C=O) groups excluding carboxylic acids is 1. The van der Waals surface area contributed by atoms with Gasteiger partial charge in [-0.25, -0.2) is 4.79 Å². The van der Waals surface area contributed by atoms with Crippen LogP contribution < -0.4 is 10.6 Å². The number of carbonyl (C=O) groups is 1. The van der Waals surface area contributed by atoms with E-state index in [0.29, 0.717) is 6.04 Å². The first-order chi connectivity index (χ1) is 7.44. The Bertz CT molecular complexity index is 268. The van der Waals surface area contributed by atoms with E-state index in [9.17, 15) is 4.79 Å². The summed E-state index contributed by atoms with van der Waals surface area (Å²) in [6.45, 7) is 8.17. The van der Waals surface area contributed by atoms with Crippen LogP contribution in [0, 0.1) is 0 Å². The molecule has 1 atom stereocenters. The first-order valence-corrected chi connectivity index (χ1v) is 6.27. The molecule has 1 heterocycles. The maximum Gasteiger partial charge on any atom is 0.315 e. The molecule has 92 valence electrons. The molecule has 4 nitrogen and oxygen atoms in total. The third-order valence-corrected chi connectivity index (χ3v) is 3.11. The second-order valence-corrected chi connectivity index (χ2v) is 6.06. The van der Waals surface area contributed by atoms with Crippen molar-refractivity contribution in [3.8, 4) is 0 Å². The quantitative estimate of drug-likeness (QED) is 0.744. The number of nitrogens with zero attached hydrogens (tertiary/aromatic N) is 1. The van der Waals surface area contributed by atoms with E-state index in [2.05, 4.69) is 15.5 Å². The average Bonchev–Trinajstić information content (AvgIpc) is 2.85. The number of rotatable bonds is 2. The van der Waals surface area contributed by atoms with Gasteiger partial charge in [0.25, 0.3) is 0 Å². The molecule has 0 spiro atoms. The van der Waals surface area contributed by atoms with Crippen molar-refractivity contribution in [3.05, 3.63) is 0 Å². The van der Waals surface area contributed by atoms with E-state index in [1.165, 1.54) is 12.8 Å². The van der Waals surface area contributed by atoms with Crippen LogP contribution in [0.1, 0.15) is 40.0 Å². The highest BCUT2D eigenvalue weighted by Crippen LogP contribution is 2.29. The Balaban J connectivity index is 1.71. The summed E-state index contributed by atoms with van der Waals surface area (Å²) < 4.78 is 0. The lowest BCUT2D eigenvalue weighted by Crippen LogP contribution is -2.50. The summed E-state index contributed by atoms with van der Waals surface area (Å²) in [7, 11) is 0. The number of likely N-dealkylation sites (tertiary alicyclic amines) is 1. The van der Waals surface area contributed by atoms with Crippen LogP contribution >= 0.6 is 0 Å². The van der Waals surface area contributed by atoms with Gasteiger partial charge in [0.2, 0.25) is 0 Å². The molecule has 0 aromatic heterocycles. The van der Waals surface area contributed by atoms with E-state index < -0.39 is 0 Å². The van der Waals surface area contributed by atoms with E-state index in [1.807, 2.05) is 20.8 Å². The van der Waals surface area contributed by atoms with Crippen molar-refractivity contribution in [3.63, 3.8) is 0 Å². The number of nitrogens with one attached hydrogen (secondary N) is 2. The van der Waals surface area contributed by atoms with E-state index in [0.717, 1.165) is 25.6 Å². The van der Waals surface area contributed by atoms with Crippen molar-refractivity contribution < 1.29 is 4.79 Å². The Morgan fingerprint density at radius 1 is 1.25 bits per heavy atom. The highest BCUT2D eigenvalue weighted by molar-refractivity contribution is 5.75. The minimum Gasteiger partial charge on any atom is -0.334 e. The van der Waals surface area contributed by atoms with Crippen LogP contribution in [0.2, 0.25) is 0 Å².